The van der Waals surface area contributed by atoms with Crippen LogP contribution in [0.3, 0.4) is 0 Å². The summed E-state index contributed by atoms with van der Waals surface area (Å²) in [7, 11) is 0. The third kappa shape index (κ3) is 2.69. The summed E-state index contributed by atoms with van der Waals surface area (Å²) in [6, 6.07) is 0. The molecule has 0 saturated carbocycles. The fourth-order valence-corrected chi connectivity index (χ4v) is 0.366. The summed E-state index contributed by atoms with van der Waals surface area (Å²) in [5, 5.41) is 8.20. The Morgan fingerprint density at radius 1 is 1.89 bits per heavy atom. The fourth-order valence-electron chi connectivity index (χ4n) is 0.366. The van der Waals surface area contributed by atoms with Gasteiger partial charge in [-0.1, -0.05) is 6.92 Å². The monoisotopic (exact) mass is 131 g/mol. The molecule has 0 spiro atoms. The van der Waals surface area contributed by atoms with E-state index >= 15 is 0 Å². The molecule has 0 aliphatic heterocycles. The third-order valence-electron chi connectivity index (χ3n) is 0.837. The van der Waals surface area contributed by atoms with Crippen molar-refractivity contribution in [3.63, 3.8) is 0 Å². The first-order valence-corrected chi connectivity index (χ1v) is 2.48. The Kier molecular flexibility index (Phi) is 3.43. The van der Waals surface area contributed by atoms with Crippen LogP contribution in [0.2, 0.25) is 0 Å². The van der Waals surface area contributed by atoms with Gasteiger partial charge in [0.1, 0.15) is 0 Å². The van der Waals surface area contributed by atoms with E-state index in [1.54, 1.807) is 6.92 Å². The highest BCUT2D eigenvalue weighted by Crippen LogP contribution is 1.94. The van der Waals surface area contributed by atoms with Gasteiger partial charge in [-0.2, -0.15) is 0 Å². The van der Waals surface area contributed by atoms with Gasteiger partial charge in [0.25, 0.3) is 0 Å². The number of aliphatic carboxylic acids is 1. The minimum absolute atomic E-state index is 0.268. The van der Waals surface area contributed by atoms with Crippen LogP contribution in [-0.2, 0) is 14.3 Å². The molecule has 0 aliphatic carbocycles. The number of hydrogen-bond acceptors (Lipinski definition) is 3. The molecule has 9 heavy (non-hydrogen) atoms. The second-order valence-electron chi connectivity index (χ2n) is 1.44. The molecule has 0 amide bonds. The minimum atomic E-state index is -1.14. The lowest BCUT2D eigenvalue weighted by Crippen LogP contribution is -2.21. The molecular formula is C5H7O4. The van der Waals surface area contributed by atoms with Gasteiger partial charge < -0.3 is 9.84 Å². The van der Waals surface area contributed by atoms with Gasteiger partial charge in [0.15, 0.2) is 6.10 Å². The number of carbonyl (C=O) groups is 1. The summed E-state index contributed by atoms with van der Waals surface area (Å²) < 4.78 is 4.05. The molecule has 1 radical (unpaired) electrons. The summed E-state index contributed by atoms with van der Waals surface area (Å²) in [5.41, 5.74) is 0. The molecule has 0 saturated heterocycles. The summed E-state index contributed by atoms with van der Waals surface area (Å²) in [6.07, 6.45) is -0.771. The van der Waals surface area contributed by atoms with Crippen molar-refractivity contribution >= 4 is 12.4 Å². The number of carbonyl (C=O) groups excluding carboxylic acids is 1. The summed E-state index contributed by atoms with van der Waals surface area (Å²) in [6.45, 7) is 2.68. The zero-order valence-electron chi connectivity index (χ0n) is 4.96. The van der Waals surface area contributed by atoms with Gasteiger partial charge in [-0.3, -0.25) is 0 Å². The van der Waals surface area contributed by atoms with E-state index in [9.17, 15) is 9.59 Å². The van der Waals surface area contributed by atoms with Crippen LogP contribution < -0.4 is 0 Å². The first kappa shape index (κ1) is 7.94. The van der Waals surface area contributed by atoms with Crippen molar-refractivity contribution in [1.82, 2.24) is 0 Å². The van der Waals surface area contributed by atoms with Gasteiger partial charge in [-0.15, -0.1) is 0 Å². The lowest BCUT2D eigenvalue weighted by Gasteiger charge is -2.03. The molecule has 1 N–H and O–H groups in total. The van der Waals surface area contributed by atoms with Crippen LogP contribution in [-0.4, -0.2) is 23.7 Å². The van der Waals surface area contributed by atoms with E-state index in [0.717, 1.165) is 6.47 Å². The normalized spacial score (nSPS) is 12.1. The molecule has 1 atom stereocenters. The fraction of sp³-hybridized carbons (Fsp3) is 0.600. The van der Waals surface area contributed by atoms with E-state index in [2.05, 4.69) is 4.74 Å². The minimum Gasteiger partial charge on any atom is -0.479 e. The molecule has 0 rings (SSSR count). The van der Waals surface area contributed by atoms with Crippen LogP contribution >= 0.6 is 0 Å². The molecule has 4 nitrogen and oxygen atoms in total. The Bertz CT molecular complexity index is 110. The van der Waals surface area contributed by atoms with Gasteiger partial charge in [-0.05, 0) is 6.42 Å². The average Bonchev–Trinajstić information content (AvgIpc) is 1.82. The zero-order valence-corrected chi connectivity index (χ0v) is 4.96. The van der Waals surface area contributed by atoms with E-state index in [1.165, 1.54) is 0 Å². The maximum Gasteiger partial charge on any atom is 0.418 e. The number of hydrogen-bond donors (Lipinski definition) is 1. The quantitative estimate of drug-likeness (QED) is 0.580. The SMILES string of the molecule is CCC(O[C]=O)C(=O)O. The summed E-state index contributed by atoms with van der Waals surface area (Å²) in [4.78, 5) is 19.5. The van der Waals surface area contributed by atoms with E-state index in [0.29, 0.717) is 0 Å². The highest BCUT2D eigenvalue weighted by atomic mass is 16.5. The maximum absolute atomic E-state index is 10.0. The molecular weight excluding hydrogens is 124 g/mol. The van der Waals surface area contributed by atoms with Crippen molar-refractivity contribution in [2.45, 2.75) is 19.4 Å². The Labute approximate surface area is 52.4 Å². The van der Waals surface area contributed by atoms with Gasteiger partial charge in [0.05, 0.1) is 0 Å². The number of ether oxygens (including phenoxy) is 1. The van der Waals surface area contributed by atoms with Crippen LogP contribution in [0.1, 0.15) is 13.3 Å². The predicted molar refractivity (Wildman–Crippen MR) is 28.5 cm³/mol. The molecule has 0 aliphatic rings. The van der Waals surface area contributed by atoms with Crippen molar-refractivity contribution in [2.24, 2.45) is 0 Å². The zero-order chi connectivity index (χ0) is 7.28. The molecule has 0 fully saturated rings. The molecule has 0 aromatic rings. The first-order chi connectivity index (χ1) is 4.22. The molecule has 51 valence electrons. The van der Waals surface area contributed by atoms with Crippen molar-refractivity contribution in [3.05, 3.63) is 0 Å². The number of carboxylic acids is 1. The molecule has 4 heteroatoms. The van der Waals surface area contributed by atoms with Crippen LogP contribution in [0.25, 0.3) is 0 Å². The van der Waals surface area contributed by atoms with Gasteiger partial charge in [-0.25, -0.2) is 9.59 Å². The van der Waals surface area contributed by atoms with Crippen LogP contribution in [0.4, 0.5) is 0 Å². The van der Waals surface area contributed by atoms with E-state index in [4.69, 9.17) is 5.11 Å². The highest BCUT2D eigenvalue weighted by molar-refractivity contribution is 5.73. The second kappa shape index (κ2) is 3.88. The lowest BCUT2D eigenvalue weighted by atomic mass is 10.3. The Morgan fingerprint density at radius 3 is 2.56 bits per heavy atom. The van der Waals surface area contributed by atoms with E-state index in [-0.39, 0.29) is 6.42 Å². The highest BCUT2D eigenvalue weighted by Gasteiger charge is 2.14. The van der Waals surface area contributed by atoms with Crippen molar-refractivity contribution in [1.29, 1.82) is 0 Å². The smallest absolute Gasteiger partial charge is 0.418 e. The number of rotatable bonds is 4. The molecule has 0 aromatic carbocycles. The molecule has 0 bridgehead atoms. The van der Waals surface area contributed by atoms with Gasteiger partial charge in [0.2, 0.25) is 0 Å². The molecule has 0 aromatic heterocycles. The molecule has 0 heterocycles. The number of carboxylic acid groups (broad SMARTS) is 1. The maximum atomic E-state index is 10.0. The van der Waals surface area contributed by atoms with Gasteiger partial charge >= 0.3 is 12.4 Å². The van der Waals surface area contributed by atoms with E-state index in [1.807, 2.05) is 0 Å². The third-order valence-corrected chi connectivity index (χ3v) is 0.837. The Hall–Kier alpha value is -1.06. The average molecular weight is 131 g/mol. The standard InChI is InChI=1S/C5H7O4/c1-2-4(5(7)8)9-3-6/h4H,2H2,1H3,(H,7,8). The largest absolute Gasteiger partial charge is 0.479 e. The van der Waals surface area contributed by atoms with Crippen molar-refractivity contribution < 1.29 is 19.4 Å². The van der Waals surface area contributed by atoms with Crippen LogP contribution in [0.15, 0.2) is 0 Å². The van der Waals surface area contributed by atoms with Gasteiger partial charge in [0, 0.05) is 0 Å². The van der Waals surface area contributed by atoms with Crippen molar-refractivity contribution in [3.8, 4) is 0 Å². The summed E-state index contributed by atoms with van der Waals surface area (Å²) >= 11 is 0. The van der Waals surface area contributed by atoms with Crippen LogP contribution in [0, 0.1) is 0 Å². The second-order valence-corrected chi connectivity index (χ2v) is 1.44. The Morgan fingerprint density at radius 2 is 2.44 bits per heavy atom. The predicted octanol–water partition coefficient (Wildman–Crippen LogP) is -0.0666. The lowest BCUT2D eigenvalue weighted by molar-refractivity contribution is -0.145. The van der Waals surface area contributed by atoms with Crippen molar-refractivity contribution in [2.75, 3.05) is 0 Å². The van der Waals surface area contributed by atoms with Crippen LogP contribution in [0.5, 0.6) is 0 Å². The Balaban J connectivity index is 3.67. The first-order valence-electron chi connectivity index (χ1n) is 2.48. The molecule has 1 unspecified atom stereocenters. The van der Waals surface area contributed by atoms with E-state index < -0.39 is 12.1 Å². The topological polar surface area (TPSA) is 63.6 Å². The summed E-state index contributed by atoms with van der Waals surface area (Å²) in [5.74, 6) is -1.14.